The van der Waals surface area contributed by atoms with Gasteiger partial charge in [-0.05, 0) is 44.0 Å². The molecule has 4 heteroatoms. The van der Waals surface area contributed by atoms with Crippen LogP contribution in [0.5, 0.6) is 5.75 Å². The lowest BCUT2D eigenvalue weighted by molar-refractivity contribution is 0.166. The molecule has 15 heavy (non-hydrogen) atoms. The third-order valence-corrected chi connectivity index (χ3v) is 2.88. The third kappa shape index (κ3) is 2.43. The van der Waals surface area contributed by atoms with Crippen LogP contribution >= 0.6 is 11.6 Å². The number of phenolic OH excluding ortho intramolecular Hbond substituents is 1. The summed E-state index contributed by atoms with van der Waals surface area (Å²) in [6.07, 6.45) is -0.346. The van der Waals surface area contributed by atoms with Crippen molar-refractivity contribution in [3.05, 3.63) is 27.8 Å². The molecule has 1 aromatic rings. The number of hydrogen-bond acceptors (Lipinski definition) is 3. The highest BCUT2D eigenvalue weighted by molar-refractivity contribution is 6.32. The van der Waals surface area contributed by atoms with E-state index < -0.39 is 6.10 Å². The standard InChI is InChI=1S/C11H16ClNO2/c1-6-5-8(12)11(15)10(7(6)2)9(14)3-4-13/h5,9,14-15H,3-4,13H2,1-2H3. The van der Waals surface area contributed by atoms with Crippen molar-refractivity contribution >= 4 is 11.6 Å². The van der Waals surface area contributed by atoms with Crippen LogP contribution in [0.25, 0.3) is 0 Å². The van der Waals surface area contributed by atoms with Gasteiger partial charge in [-0.3, -0.25) is 0 Å². The second kappa shape index (κ2) is 4.84. The van der Waals surface area contributed by atoms with Gasteiger partial charge in [-0.15, -0.1) is 0 Å². The molecule has 0 radical (unpaired) electrons. The second-order valence-electron chi connectivity index (χ2n) is 3.66. The van der Waals surface area contributed by atoms with Gasteiger partial charge < -0.3 is 15.9 Å². The molecule has 0 spiro atoms. The van der Waals surface area contributed by atoms with Gasteiger partial charge in [-0.1, -0.05) is 11.6 Å². The van der Waals surface area contributed by atoms with E-state index in [-0.39, 0.29) is 10.8 Å². The molecule has 0 aliphatic rings. The van der Waals surface area contributed by atoms with Gasteiger partial charge in [0.2, 0.25) is 0 Å². The molecule has 0 amide bonds. The lowest BCUT2D eigenvalue weighted by atomic mass is 9.96. The average Bonchev–Trinajstić information content (AvgIpc) is 2.16. The van der Waals surface area contributed by atoms with E-state index in [0.29, 0.717) is 18.5 Å². The van der Waals surface area contributed by atoms with Crippen LogP contribution in [0.2, 0.25) is 5.02 Å². The van der Waals surface area contributed by atoms with E-state index in [0.717, 1.165) is 11.1 Å². The lowest BCUT2D eigenvalue weighted by Gasteiger charge is -2.17. The Labute approximate surface area is 94.5 Å². The van der Waals surface area contributed by atoms with Gasteiger partial charge in [0, 0.05) is 5.56 Å². The van der Waals surface area contributed by atoms with Crippen LogP contribution in [-0.4, -0.2) is 16.8 Å². The molecule has 0 bridgehead atoms. The molecule has 0 aliphatic carbocycles. The Morgan fingerprint density at radius 3 is 2.60 bits per heavy atom. The van der Waals surface area contributed by atoms with Crippen LogP contribution in [0.1, 0.15) is 29.2 Å². The van der Waals surface area contributed by atoms with Crippen LogP contribution in [-0.2, 0) is 0 Å². The van der Waals surface area contributed by atoms with Gasteiger partial charge in [-0.25, -0.2) is 0 Å². The van der Waals surface area contributed by atoms with Crippen molar-refractivity contribution in [1.82, 2.24) is 0 Å². The molecule has 1 aromatic carbocycles. The fourth-order valence-corrected chi connectivity index (χ4v) is 1.86. The number of aliphatic hydroxyl groups is 1. The molecular weight excluding hydrogens is 214 g/mol. The van der Waals surface area contributed by atoms with E-state index in [1.165, 1.54) is 0 Å². The molecule has 0 aliphatic heterocycles. The second-order valence-corrected chi connectivity index (χ2v) is 4.06. The quantitative estimate of drug-likeness (QED) is 0.743. The molecule has 0 saturated carbocycles. The number of rotatable bonds is 3. The molecule has 0 fully saturated rings. The number of aliphatic hydroxyl groups excluding tert-OH is 1. The number of hydrogen-bond donors (Lipinski definition) is 3. The number of halogens is 1. The molecule has 1 atom stereocenters. The largest absolute Gasteiger partial charge is 0.506 e. The molecule has 84 valence electrons. The number of nitrogens with two attached hydrogens (primary N) is 1. The van der Waals surface area contributed by atoms with Gasteiger partial charge in [0.05, 0.1) is 11.1 Å². The summed E-state index contributed by atoms with van der Waals surface area (Å²) >= 11 is 5.84. The molecule has 0 aromatic heterocycles. The normalized spacial score (nSPS) is 12.9. The van der Waals surface area contributed by atoms with Crippen LogP contribution in [0.4, 0.5) is 0 Å². The van der Waals surface area contributed by atoms with Crippen molar-refractivity contribution in [2.24, 2.45) is 5.73 Å². The zero-order valence-electron chi connectivity index (χ0n) is 8.92. The fourth-order valence-electron chi connectivity index (χ4n) is 1.60. The van der Waals surface area contributed by atoms with Gasteiger partial charge in [0.1, 0.15) is 5.75 Å². The smallest absolute Gasteiger partial charge is 0.140 e. The Kier molecular flexibility index (Phi) is 3.97. The fraction of sp³-hybridized carbons (Fsp3) is 0.455. The molecular formula is C11H16ClNO2. The first kappa shape index (κ1) is 12.3. The predicted molar refractivity (Wildman–Crippen MR) is 61.2 cm³/mol. The molecule has 0 saturated heterocycles. The predicted octanol–water partition coefficient (Wildman–Crippen LogP) is 2.04. The zero-order valence-corrected chi connectivity index (χ0v) is 9.67. The molecule has 3 nitrogen and oxygen atoms in total. The van der Waals surface area contributed by atoms with E-state index in [9.17, 15) is 10.2 Å². The first-order valence-corrected chi connectivity index (χ1v) is 5.23. The van der Waals surface area contributed by atoms with E-state index >= 15 is 0 Å². The maximum Gasteiger partial charge on any atom is 0.140 e. The van der Waals surface area contributed by atoms with Gasteiger partial charge >= 0.3 is 0 Å². The Hall–Kier alpha value is -0.770. The Morgan fingerprint density at radius 2 is 2.07 bits per heavy atom. The topological polar surface area (TPSA) is 66.5 Å². The third-order valence-electron chi connectivity index (χ3n) is 2.59. The van der Waals surface area contributed by atoms with Gasteiger partial charge in [0.15, 0.2) is 0 Å². The summed E-state index contributed by atoms with van der Waals surface area (Å²) in [5.41, 5.74) is 7.67. The highest BCUT2D eigenvalue weighted by atomic mass is 35.5. The van der Waals surface area contributed by atoms with Crippen LogP contribution in [0.15, 0.2) is 6.07 Å². The Balaban J connectivity index is 3.26. The van der Waals surface area contributed by atoms with Gasteiger partial charge in [-0.2, -0.15) is 0 Å². The summed E-state index contributed by atoms with van der Waals surface area (Å²) in [5.74, 6) is -0.0410. The van der Waals surface area contributed by atoms with Crippen molar-refractivity contribution < 1.29 is 10.2 Å². The first-order chi connectivity index (χ1) is 6.99. The minimum Gasteiger partial charge on any atom is -0.506 e. The zero-order chi connectivity index (χ0) is 11.6. The molecule has 4 N–H and O–H groups in total. The lowest BCUT2D eigenvalue weighted by Crippen LogP contribution is -2.09. The number of aryl methyl sites for hydroxylation is 1. The van der Waals surface area contributed by atoms with E-state index in [1.54, 1.807) is 6.07 Å². The first-order valence-electron chi connectivity index (χ1n) is 4.85. The van der Waals surface area contributed by atoms with Crippen molar-refractivity contribution in [2.75, 3.05) is 6.54 Å². The maximum absolute atomic E-state index is 9.83. The minimum atomic E-state index is -0.757. The van der Waals surface area contributed by atoms with E-state index in [1.807, 2.05) is 13.8 Å². The summed E-state index contributed by atoms with van der Waals surface area (Å²) in [4.78, 5) is 0. The number of aromatic hydroxyl groups is 1. The number of phenols is 1. The molecule has 1 rings (SSSR count). The summed E-state index contributed by atoms with van der Waals surface area (Å²) < 4.78 is 0. The minimum absolute atomic E-state index is 0.0410. The maximum atomic E-state index is 9.83. The summed E-state index contributed by atoms with van der Waals surface area (Å²) in [5, 5.41) is 19.9. The van der Waals surface area contributed by atoms with Crippen LogP contribution in [0.3, 0.4) is 0 Å². The van der Waals surface area contributed by atoms with Gasteiger partial charge in [0.25, 0.3) is 0 Å². The highest BCUT2D eigenvalue weighted by Crippen LogP contribution is 2.37. The van der Waals surface area contributed by atoms with Crippen LogP contribution < -0.4 is 5.73 Å². The summed E-state index contributed by atoms with van der Waals surface area (Å²) in [6, 6.07) is 1.69. The Bertz CT molecular complexity index is 340. The van der Waals surface area contributed by atoms with Crippen LogP contribution in [0, 0.1) is 13.8 Å². The summed E-state index contributed by atoms with van der Waals surface area (Å²) in [7, 11) is 0. The van der Waals surface area contributed by atoms with Crippen molar-refractivity contribution in [1.29, 1.82) is 0 Å². The SMILES string of the molecule is Cc1cc(Cl)c(O)c(C(O)CCN)c1C. The van der Waals surface area contributed by atoms with Crippen molar-refractivity contribution in [3.63, 3.8) is 0 Å². The number of benzene rings is 1. The van der Waals surface area contributed by atoms with E-state index in [2.05, 4.69) is 0 Å². The van der Waals surface area contributed by atoms with Crippen molar-refractivity contribution in [3.8, 4) is 5.75 Å². The highest BCUT2D eigenvalue weighted by Gasteiger charge is 2.18. The summed E-state index contributed by atoms with van der Waals surface area (Å²) in [6.45, 7) is 4.10. The van der Waals surface area contributed by atoms with Crippen molar-refractivity contribution in [2.45, 2.75) is 26.4 Å². The monoisotopic (exact) mass is 229 g/mol. The Morgan fingerprint density at radius 1 is 1.47 bits per heavy atom. The van der Waals surface area contributed by atoms with E-state index in [4.69, 9.17) is 17.3 Å². The average molecular weight is 230 g/mol. The molecule has 1 unspecified atom stereocenters. The molecule has 0 heterocycles.